The summed E-state index contributed by atoms with van der Waals surface area (Å²) in [6.07, 6.45) is 1.31. The van der Waals surface area contributed by atoms with Gasteiger partial charge in [-0.3, -0.25) is 19.8 Å². The van der Waals surface area contributed by atoms with Crippen molar-refractivity contribution in [3.05, 3.63) is 82.6 Å². The summed E-state index contributed by atoms with van der Waals surface area (Å²) in [4.78, 5) is 49.6. The van der Waals surface area contributed by atoms with Crippen LogP contribution in [-0.2, 0) is 14.3 Å². The number of amides is 2. The lowest BCUT2D eigenvalue weighted by molar-refractivity contribution is -0.122. The van der Waals surface area contributed by atoms with Crippen LogP contribution in [0.3, 0.4) is 0 Å². The number of esters is 1. The molecule has 2 N–H and O–H groups in total. The second-order valence-electron chi connectivity index (χ2n) is 7.53. The lowest BCUT2D eigenvalue weighted by atomic mass is 10.0. The van der Waals surface area contributed by atoms with Gasteiger partial charge in [0.15, 0.2) is 5.11 Å². The van der Waals surface area contributed by atoms with Crippen molar-refractivity contribution in [2.45, 2.75) is 6.92 Å². The summed E-state index contributed by atoms with van der Waals surface area (Å²) in [5.41, 5.74) is 2.04. The number of methoxy groups -OCH3 is 1. The smallest absolute Gasteiger partial charge is 0.337 e. The Hall–Kier alpha value is -4.57. The molecule has 2 amide bonds. The van der Waals surface area contributed by atoms with Gasteiger partial charge in [-0.1, -0.05) is 6.07 Å². The molecule has 0 bridgehead atoms. The fraction of sp³-hybridized carbons (Fsp3) is 0.0800. The number of carbonyl (C=O) groups excluding carboxylic acids is 3. The predicted octanol–water partition coefficient (Wildman–Crippen LogP) is 3.57. The van der Waals surface area contributed by atoms with E-state index in [1.54, 1.807) is 30.3 Å². The van der Waals surface area contributed by atoms with E-state index in [2.05, 4.69) is 5.32 Å². The molecule has 9 nitrogen and oxygen atoms in total. The van der Waals surface area contributed by atoms with Crippen molar-refractivity contribution >= 4 is 52.8 Å². The molecular formula is C25H18N2O7S. The first-order valence-electron chi connectivity index (χ1n) is 10.2. The largest absolute Gasteiger partial charge is 0.478 e. The molecule has 1 aliphatic heterocycles. The fourth-order valence-electron chi connectivity index (χ4n) is 3.55. The number of benzene rings is 2. The van der Waals surface area contributed by atoms with Crippen molar-refractivity contribution in [3.8, 4) is 11.3 Å². The number of thiocarbonyl (C=S) groups is 1. The minimum absolute atomic E-state index is 0.0435. The number of anilines is 1. The Morgan fingerprint density at radius 3 is 2.37 bits per heavy atom. The minimum atomic E-state index is -1.11. The Labute approximate surface area is 204 Å². The van der Waals surface area contributed by atoms with E-state index < -0.39 is 23.8 Å². The molecule has 2 heterocycles. The van der Waals surface area contributed by atoms with E-state index in [4.69, 9.17) is 26.5 Å². The van der Waals surface area contributed by atoms with Crippen molar-refractivity contribution in [1.82, 2.24) is 5.32 Å². The van der Waals surface area contributed by atoms with Crippen LogP contribution in [0.2, 0.25) is 0 Å². The molecule has 35 heavy (non-hydrogen) atoms. The summed E-state index contributed by atoms with van der Waals surface area (Å²) in [7, 11) is 1.31. The Morgan fingerprint density at radius 2 is 1.74 bits per heavy atom. The molecule has 0 unspecified atom stereocenters. The number of carboxylic acids is 1. The first kappa shape index (κ1) is 23.6. The number of aromatic carboxylic acids is 1. The first-order valence-corrected chi connectivity index (χ1v) is 10.6. The van der Waals surface area contributed by atoms with Crippen LogP contribution in [0.1, 0.15) is 32.0 Å². The van der Waals surface area contributed by atoms with Gasteiger partial charge in [0.05, 0.1) is 23.9 Å². The van der Waals surface area contributed by atoms with Crippen LogP contribution in [0, 0.1) is 6.92 Å². The summed E-state index contributed by atoms with van der Waals surface area (Å²) < 4.78 is 10.6. The molecular weight excluding hydrogens is 472 g/mol. The van der Waals surface area contributed by atoms with Crippen LogP contribution in [0.4, 0.5) is 5.69 Å². The molecule has 3 aromatic rings. The molecule has 1 fully saturated rings. The number of furan rings is 1. The highest BCUT2D eigenvalue weighted by atomic mass is 32.1. The second kappa shape index (κ2) is 9.35. The van der Waals surface area contributed by atoms with E-state index in [1.807, 2.05) is 6.92 Å². The lowest BCUT2D eigenvalue weighted by Crippen LogP contribution is -2.54. The van der Waals surface area contributed by atoms with Crippen molar-refractivity contribution in [2.75, 3.05) is 12.0 Å². The number of aryl methyl sites for hydroxylation is 1. The van der Waals surface area contributed by atoms with Gasteiger partial charge in [0.1, 0.15) is 17.1 Å². The summed E-state index contributed by atoms with van der Waals surface area (Å²) in [6.45, 7) is 1.81. The lowest BCUT2D eigenvalue weighted by Gasteiger charge is -2.28. The van der Waals surface area contributed by atoms with E-state index >= 15 is 0 Å². The van der Waals surface area contributed by atoms with Crippen LogP contribution in [-0.4, -0.2) is 41.1 Å². The maximum Gasteiger partial charge on any atom is 0.337 e. The van der Waals surface area contributed by atoms with Crippen LogP contribution < -0.4 is 10.2 Å². The fourth-order valence-corrected chi connectivity index (χ4v) is 3.83. The molecule has 10 heteroatoms. The molecule has 0 radical (unpaired) electrons. The molecule has 1 aromatic heterocycles. The summed E-state index contributed by atoms with van der Waals surface area (Å²) in [5, 5.41) is 11.4. The SMILES string of the molecule is COC(=O)c1ccc(-c2ccc(/C=C3\C(=O)NC(=S)N(c4ccc(C(=O)O)cc4)C3=O)o2)c(C)c1. The second-order valence-corrected chi connectivity index (χ2v) is 7.92. The number of ether oxygens (including phenoxy) is 1. The topological polar surface area (TPSA) is 126 Å². The molecule has 0 saturated carbocycles. The van der Waals surface area contributed by atoms with E-state index in [1.165, 1.54) is 37.5 Å². The number of hydrogen-bond donors (Lipinski definition) is 2. The molecule has 0 atom stereocenters. The average molecular weight is 490 g/mol. The molecule has 0 spiro atoms. The first-order chi connectivity index (χ1) is 16.7. The third-order valence-electron chi connectivity index (χ3n) is 5.30. The molecule has 176 valence electrons. The zero-order valence-corrected chi connectivity index (χ0v) is 19.3. The Kier molecular flexibility index (Phi) is 6.30. The zero-order valence-electron chi connectivity index (χ0n) is 18.5. The van der Waals surface area contributed by atoms with Crippen LogP contribution >= 0.6 is 12.2 Å². The van der Waals surface area contributed by atoms with Gasteiger partial charge in [0, 0.05) is 5.56 Å². The van der Waals surface area contributed by atoms with E-state index in [0.29, 0.717) is 17.0 Å². The maximum absolute atomic E-state index is 13.1. The van der Waals surface area contributed by atoms with E-state index in [0.717, 1.165) is 16.0 Å². The van der Waals surface area contributed by atoms with Gasteiger partial charge in [0.25, 0.3) is 11.8 Å². The van der Waals surface area contributed by atoms with Gasteiger partial charge < -0.3 is 14.3 Å². The zero-order chi connectivity index (χ0) is 25.3. The van der Waals surface area contributed by atoms with Crippen LogP contribution in [0.5, 0.6) is 0 Å². The standard InChI is InChI=1S/C25H18N2O7S/c1-13-11-15(24(32)33-2)5-9-18(13)20-10-8-17(34-20)12-19-21(28)26-25(35)27(22(19)29)16-6-3-14(4-7-16)23(30)31/h3-12H,1-2H3,(H,30,31)(H,26,28,35)/b19-12+. The van der Waals surface area contributed by atoms with Crippen molar-refractivity contribution in [2.24, 2.45) is 0 Å². The highest BCUT2D eigenvalue weighted by molar-refractivity contribution is 7.80. The highest BCUT2D eigenvalue weighted by Crippen LogP contribution is 2.28. The molecule has 2 aromatic carbocycles. The normalized spacial score (nSPS) is 14.7. The van der Waals surface area contributed by atoms with Crippen LogP contribution in [0.15, 0.2) is 64.6 Å². The quantitative estimate of drug-likeness (QED) is 0.241. The number of hydrogen-bond acceptors (Lipinski definition) is 7. The molecule has 1 saturated heterocycles. The summed E-state index contributed by atoms with van der Waals surface area (Å²) in [5.74, 6) is -2.20. The maximum atomic E-state index is 13.1. The van der Waals surface area contributed by atoms with Gasteiger partial charge in [0.2, 0.25) is 0 Å². The van der Waals surface area contributed by atoms with Gasteiger partial charge in [-0.15, -0.1) is 0 Å². The summed E-state index contributed by atoms with van der Waals surface area (Å²) >= 11 is 5.16. The number of carboxylic acid groups (broad SMARTS) is 1. The number of nitrogens with one attached hydrogen (secondary N) is 1. The Morgan fingerprint density at radius 1 is 1.06 bits per heavy atom. The third kappa shape index (κ3) is 4.59. The van der Waals surface area contributed by atoms with Gasteiger partial charge >= 0.3 is 11.9 Å². The predicted molar refractivity (Wildman–Crippen MR) is 130 cm³/mol. The van der Waals surface area contributed by atoms with E-state index in [-0.39, 0.29) is 22.0 Å². The third-order valence-corrected chi connectivity index (χ3v) is 5.59. The van der Waals surface area contributed by atoms with E-state index in [9.17, 15) is 19.2 Å². The van der Waals surface area contributed by atoms with Crippen LogP contribution in [0.25, 0.3) is 17.4 Å². The minimum Gasteiger partial charge on any atom is -0.478 e. The molecule has 1 aliphatic rings. The number of rotatable bonds is 5. The number of nitrogens with zero attached hydrogens (tertiary/aromatic N) is 1. The van der Waals surface area contributed by atoms with Gasteiger partial charge in [-0.25, -0.2) is 9.59 Å². The average Bonchev–Trinajstić information content (AvgIpc) is 3.29. The van der Waals surface area contributed by atoms with Crippen molar-refractivity contribution < 1.29 is 33.4 Å². The van der Waals surface area contributed by atoms with Gasteiger partial charge in [-0.2, -0.15) is 0 Å². The molecule has 4 rings (SSSR count). The summed E-state index contributed by atoms with van der Waals surface area (Å²) in [6, 6.07) is 13.8. The van der Waals surface area contributed by atoms with Crippen molar-refractivity contribution in [1.29, 1.82) is 0 Å². The Bertz CT molecular complexity index is 1420. The number of carbonyl (C=O) groups is 4. The van der Waals surface area contributed by atoms with Crippen molar-refractivity contribution in [3.63, 3.8) is 0 Å². The Balaban J connectivity index is 1.63. The van der Waals surface area contributed by atoms with Gasteiger partial charge in [-0.05, 0) is 79.3 Å². The molecule has 0 aliphatic carbocycles. The monoisotopic (exact) mass is 490 g/mol. The highest BCUT2D eigenvalue weighted by Gasteiger charge is 2.34.